The van der Waals surface area contributed by atoms with Gasteiger partial charge in [-0.3, -0.25) is 9.59 Å². The molecule has 2 aliphatic heterocycles. The molecule has 3 heterocycles. The van der Waals surface area contributed by atoms with Crippen LogP contribution in [0.25, 0.3) is 0 Å². The Morgan fingerprint density at radius 2 is 2.32 bits per heavy atom. The van der Waals surface area contributed by atoms with Crippen LogP contribution in [0.1, 0.15) is 37.4 Å². The maximum atomic E-state index is 12.4. The number of carbonyl (C=O) groups is 2. The van der Waals surface area contributed by atoms with Crippen LogP contribution in [0.4, 0.5) is 0 Å². The van der Waals surface area contributed by atoms with Crippen LogP contribution >= 0.6 is 0 Å². The lowest BCUT2D eigenvalue weighted by atomic mass is 10.1. The molecule has 0 aromatic carbocycles. The van der Waals surface area contributed by atoms with E-state index in [0.717, 1.165) is 25.1 Å². The zero-order valence-electron chi connectivity index (χ0n) is 10.6. The van der Waals surface area contributed by atoms with Gasteiger partial charge < -0.3 is 9.88 Å². The third-order valence-corrected chi connectivity index (χ3v) is 3.65. The van der Waals surface area contributed by atoms with Gasteiger partial charge in [0.15, 0.2) is 0 Å². The molecule has 1 aromatic heterocycles. The van der Waals surface area contributed by atoms with E-state index in [0.29, 0.717) is 18.6 Å². The fourth-order valence-electron chi connectivity index (χ4n) is 2.68. The first-order chi connectivity index (χ1) is 9.25. The van der Waals surface area contributed by atoms with Gasteiger partial charge in [0, 0.05) is 31.3 Å². The lowest BCUT2D eigenvalue weighted by molar-refractivity contribution is -0.125. The molecule has 1 unspecified atom stereocenters. The summed E-state index contributed by atoms with van der Waals surface area (Å²) in [4.78, 5) is 28.5. The number of nitrogens with one attached hydrogen (secondary N) is 2. The van der Waals surface area contributed by atoms with Crippen LogP contribution in [0.3, 0.4) is 0 Å². The summed E-state index contributed by atoms with van der Waals surface area (Å²) in [5.74, 6) is -0.184. The summed E-state index contributed by atoms with van der Waals surface area (Å²) in [5, 5.41) is 3.89. The normalized spacial score (nSPS) is 23.2. The highest BCUT2D eigenvalue weighted by Gasteiger charge is 2.33. The van der Waals surface area contributed by atoms with E-state index >= 15 is 0 Å². The van der Waals surface area contributed by atoms with Crippen LogP contribution < -0.4 is 5.43 Å². The van der Waals surface area contributed by atoms with E-state index < -0.39 is 0 Å². The predicted molar refractivity (Wildman–Crippen MR) is 69.3 cm³/mol. The Bertz CT molecular complexity index is 521. The van der Waals surface area contributed by atoms with Gasteiger partial charge in [-0.05, 0) is 25.0 Å². The standard InChI is InChI=1S/C13H16N4O2/c18-12-6-5-10(15-16-12)13(19)17-8-2-4-11(17)9-3-1-7-14-9/h1,3,7,11,14H,2,4-6,8H2,(H,16,18). The molecule has 19 heavy (non-hydrogen) atoms. The number of H-pyrrole nitrogens is 1. The molecule has 1 aromatic rings. The van der Waals surface area contributed by atoms with E-state index in [1.807, 2.05) is 23.2 Å². The lowest BCUT2D eigenvalue weighted by Gasteiger charge is -2.25. The van der Waals surface area contributed by atoms with E-state index in [4.69, 9.17) is 0 Å². The number of hydrogen-bond acceptors (Lipinski definition) is 3. The van der Waals surface area contributed by atoms with Crippen LogP contribution in [0.5, 0.6) is 0 Å². The van der Waals surface area contributed by atoms with Crippen molar-refractivity contribution in [2.45, 2.75) is 31.7 Å². The van der Waals surface area contributed by atoms with Crippen molar-refractivity contribution in [3.8, 4) is 0 Å². The van der Waals surface area contributed by atoms with Gasteiger partial charge in [-0.25, -0.2) is 5.43 Å². The Morgan fingerprint density at radius 3 is 3.00 bits per heavy atom. The fourth-order valence-corrected chi connectivity index (χ4v) is 2.68. The minimum atomic E-state index is -0.126. The maximum absolute atomic E-state index is 12.4. The molecule has 1 atom stereocenters. The summed E-state index contributed by atoms with van der Waals surface area (Å²) < 4.78 is 0. The van der Waals surface area contributed by atoms with Crippen molar-refractivity contribution in [2.24, 2.45) is 5.10 Å². The number of nitrogens with zero attached hydrogens (tertiary/aromatic N) is 2. The average Bonchev–Trinajstić information content (AvgIpc) is 3.09. The largest absolute Gasteiger partial charge is 0.363 e. The Hall–Kier alpha value is -2.11. The third kappa shape index (κ3) is 2.25. The molecule has 0 bridgehead atoms. The summed E-state index contributed by atoms with van der Waals surface area (Å²) in [6.07, 6.45) is 4.60. The van der Waals surface area contributed by atoms with Crippen LogP contribution in [-0.4, -0.2) is 34.0 Å². The Kier molecular flexibility index (Phi) is 3.06. The van der Waals surface area contributed by atoms with Crippen LogP contribution in [0.15, 0.2) is 23.4 Å². The summed E-state index contributed by atoms with van der Waals surface area (Å²) in [6, 6.07) is 4.04. The molecular weight excluding hydrogens is 244 g/mol. The molecule has 0 spiro atoms. The highest BCUT2D eigenvalue weighted by molar-refractivity contribution is 6.39. The second-order valence-corrected chi connectivity index (χ2v) is 4.88. The topological polar surface area (TPSA) is 77.6 Å². The van der Waals surface area contributed by atoms with Crippen molar-refractivity contribution < 1.29 is 9.59 Å². The molecule has 0 aliphatic carbocycles. The monoisotopic (exact) mass is 260 g/mol. The van der Waals surface area contributed by atoms with Crippen molar-refractivity contribution in [1.82, 2.24) is 15.3 Å². The number of likely N-dealkylation sites (tertiary alicyclic amines) is 1. The fraction of sp³-hybridized carbons (Fsp3) is 0.462. The first-order valence-electron chi connectivity index (χ1n) is 6.55. The number of hydrazone groups is 1. The summed E-state index contributed by atoms with van der Waals surface area (Å²) in [7, 11) is 0. The molecule has 3 rings (SSSR count). The Labute approximate surface area is 110 Å². The second-order valence-electron chi connectivity index (χ2n) is 4.88. The molecule has 1 fully saturated rings. The molecule has 0 radical (unpaired) electrons. The highest BCUT2D eigenvalue weighted by atomic mass is 16.2. The third-order valence-electron chi connectivity index (χ3n) is 3.65. The molecular formula is C13H16N4O2. The van der Waals surface area contributed by atoms with Crippen molar-refractivity contribution in [3.05, 3.63) is 24.0 Å². The Morgan fingerprint density at radius 1 is 1.42 bits per heavy atom. The van der Waals surface area contributed by atoms with Crippen molar-refractivity contribution in [2.75, 3.05) is 6.54 Å². The van der Waals surface area contributed by atoms with Gasteiger partial charge in [0.05, 0.1) is 6.04 Å². The number of aromatic nitrogens is 1. The van der Waals surface area contributed by atoms with Gasteiger partial charge in [-0.1, -0.05) is 0 Å². The maximum Gasteiger partial charge on any atom is 0.270 e. The van der Waals surface area contributed by atoms with Gasteiger partial charge >= 0.3 is 0 Å². The van der Waals surface area contributed by atoms with E-state index in [9.17, 15) is 9.59 Å². The number of amides is 2. The number of carbonyl (C=O) groups excluding carboxylic acids is 2. The van der Waals surface area contributed by atoms with E-state index in [-0.39, 0.29) is 17.9 Å². The lowest BCUT2D eigenvalue weighted by Crippen LogP contribution is -2.39. The Balaban J connectivity index is 1.77. The second kappa shape index (κ2) is 4.87. The van der Waals surface area contributed by atoms with E-state index in [1.165, 1.54) is 0 Å². The minimum Gasteiger partial charge on any atom is -0.363 e. The zero-order chi connectivity index (χ0) is 13.2. The molecule has 2 N–H and O–H groups in total. The summed E-state index contributed by atoms with van der Waals surface area (Å²) in [6.45, 7) is 0.746. The summed E-state index contributed by atoms with van der Waals surface area (Å²) >= 11 is 0. The molecule has 6 nitrogen and oxygen atoms in total. The smallest absolute Gasteiger partial charge is 0.270 e. The first-order valence-corrected chi connectivity index (χ1v) is 6.55. The van der Waals surface area contributed by atoms with Gasteiger partial charge in [0.1, 0.15) is 5.71 Å². The zero-order valence-corrected chi connectivity index (χ0v) is 10.6. The summed E-state index contributed by atoms with van der Waals surface area (Å²) in [5.41, 5.74) is 3.90. The molecule has 2 amide bonds. The van der Waals surface area contributed by atoms with Gasteiger partial charge in [-0.15, -0.1) is 0 Å². The molecule has 2 aliphatic rings. The average molecular weight is 260 g/mol. The van der Waals surface area contributed by atoms with E-state index in [2.05, 4.69) is 15.5 Å². The first kappa shape index (κ1) is 12.0. The number of hydrogen-bond donors (Lipinski definition) is 2. The van der Waals surface area contributed by atoms with Crippen LogP contribution in [0, 0.1) is 0 Å². The van der Waals surface area contributed by atoms with Crippen molar-refractivity contribution in [3.63, 3.8) is 0 Å². The SMILES string of the molecule is O=C1CCC(C(=O)N2CCCC2c2ccc[nH]2)=NN1. The molecule has 1 saturated heterocycles. The highest BCUT2D eigenvalue weighted by Crippen LogP contribution is 2.31. The van der Waals surface area contributed by atoms with Crippen LogP contribution in [0.2, 0.25) is 0 Å². The van der Waals surface area contributed by atoms with Crippen LogP contribution in [-0.2, 0) is 9.59 Å². The number of aromatic amines is 1. The number of rotatable bonds is 2. The minimum absolute atomic E-state index is 0.0582. The van der Waals surface area contributed by atoms with Gasteiger partial charge in [-0.2, -0.15) is 5.10 Å². The van der Waals surface area contributed by atoms with Gasteiger partial charge in [0.2, 0.25) is 5.91 Å². The van der Waals surface area contributed by atoms with Gasteiger partial charge in [0.25, 0.3) is 5.91 Å². The van der Waals surface area contributed by atoms with Crippen molar-refractivity contribution >= 4 is 17.5 Å². The van der Waals surface area contributed by atoms with Crippen molar-refractivity contribution in [1.29, 1.82) is 0 Å². The quantitative estimate of drug-likeness (QED) is 0.830. The van der Waals surface area contributed by atoms with E-state index in [1.54, 1.807) is 0 Å². The molecule has 0 saturated carbocycles. The predicted octanol–water partition coefficient (Wildman–Crippen LogP) is 0.944. The molecule has 6 heteroatoms. The molecule has 100 valence electrons.